The standard InChI is InChI=1S/C23H23N3O3/c1-25-9-11-26(12-10-25)23(27)20-15-29-21-8-7-18(28-2)13-19(21)22(20)17-5-3-16(14-24)4-6-17/h3-8,13H,9-12,15H2,1-2H3. The molecule has 0 radical (unpaired) electrons. The molecule has 1 amide bonds. The highest BCUT2D eigenvalue weighted by atomic mass is 16.5. The Morgan fingerprint density at radius 1 is 1.10 bits per heavy atom. The van der Waals surface area contributed by atoms with Gasteiger partial charge in [0.1, 0.15) is 18.1 Å². The monoisotopic (exact) mass is 389 g/mol. The molecule has 29 heavy (non-hydrogen) atoms. The number of rotatable bonds is 3. The highest BCUT2D eigenvalue weighted by molar-refractivity contribution is 6.06. The predicted octanol–water partition coefficient (Wildman–Crippen LogP) is 2.54. The van der Waals surface area contributed by atoms with E-state index >= 15 is 0 Å². The molecule has 0 spiro atoms. The Hall–Kier alpha value is -3.30. The van der Waals surface area contributed by atoms with Crippen molar-refractivity contribution in [3.05, 3.63) is 64.7 Å². The maximum atomic E-state index is 13.4. The summed E-state index contributed by atoms with van der Waals surface area (Å²) in [6.45, 7) is 3.34. The number of methoxy groups -OCH3 is 1. The molecule has 0 saturated carbocycles. The number of piperazine rings is 1. The molecule has 0 N–H and O–H groups in total. The topological polar surface area (TPSA) is 65.8 Å². The summed E-state index contributed by atoms with van der Waals surface area (Å²) in [7, 11) is 3.68. The molecular formula is C23H23N3O3. The molecule has 0 aliphatic carbocycles. The van der Waals surface area contributed by atoms with Gasteiger partial charge in [-0.1, -0.05) is 12.1 Å². The third-order valence-corrected chi connectivity index (χ3v) is 5.48. The molecule has 1 saturated heterocycles. The van der Waals surface area contributed by atoms with Crippen molar-refractivity contribution in [3.8, 4) is 17.6 Å². The number of benzene rings is 2. The number of fused-ring (bicyclic) bond motifs is 1. The maximum absolute atomic E-state index is 13.4. The van der Waals surface area contributed by atoms with Gasteiger partial charge in [-0.3, -0.25) is 4.79 Å². The van der Waals surface area contributed by atoms with Crippen molar-refractivity contribution in [2.75, 3.05) is 46.9 Å². The van der Waals surface area contributed by atoms with E-state index in [9.17, 15) is 4.79 Å². The third-order valence-electron chi connectivity index (χ3n) is 5.48. The third kappa shape index (κ3) is 3.69. The van der Waals surface area contributed by atoms with Crippen molar-refractivity contribution < 1.29 is 14.3 Å². The van der Waals surface area contributed by atoms with Crippen LogP contribution in [0.4, 0.5) is 0 Å². The first-order valence-corrected chi connectivity index (χ1v) is 9.63. The highest BCUT2D eigenvalue weighted by Crippen LogP contribution is 2.40. The number of ether oxygens (including phenoxy) is 2. The number of carbonyl (C=O) groups excluding carboxylic acids is 1. The van der Waals surface area contributed by atoms with Gasteiger partial charge in [-0.15, -0.1) is 0 Å². The van der Waals surface area contributed by atoms with E-state index in [1.54, 1.807) is 19.2 Å². The van der Waals surface area contributed by atoms with Crippen LogP contribution in [0, 0.1) is 11.3 Å². The van der Waals surface area contributed by atoms with Crippen molar-refractivity contribution in [2.24, 2.45) is 0 Å². The maximum Gasteiger partial charge on any atom is 0.253 e. The van der Waals surface area contributed by atoms with Gasteiger partial charge < -0.3 is 19.3 Å². The van der Waals surface area contributed by atoms with Crippen LogP contribution in [0.2, 0.25) is 0 Å². The Morgan fingerprint density at radius 2 is 1.83 bits per heavy atom. The van der Waals surface area contributed by atoms with E-state index in [0.717, 1.165) is 35.5 Å². The van der Waals surface area contributed by atoms with Crippen LogP contribution in [0.3, 0.4) is 0 Å². The molecular weight excluding hydrogens is 366 g/mol. The van der Waals surface area contributed by atoms with Gasteiger partial charge in [-0.25, -0.2) is 0 Å². The van der Waals surface area contributed by atoms with Crippen molar-refractivity contribution >= 4 is 11.5 Å². The van der Waals surface area contributed by atoms with Gasteiger partial charge in [0, 0.05) is 37.3 Å². The summed E-state index contributed by atoms with van der Waals surface area (Å²) in [5.74, 6) is 1.43. The van der Waals surface area contributed by atoms with Gasteiger partial charge >= 0.3 is 0 Å². The van der Waals surface area contributed by atoms with Crippen LogP contribution < -0.4 is 9.47 Å². The minimum absolute atomic E-state index is 0.00549. The summed E-state index contributed by atoms with van der Waals surface area (Å²) < 4.78 is 11.3. The van der Waals surface area contributed by atoms with Crippen molar-refractivity contribution in [3.63, 3.8) is 0 Å². The van der Waals surface area contributed by atoms with Gasteiger partial charge in [0.25, 0.3) is 5.91 Å². The lowest BCUT2D eigenvalue weighted by Crippen LogP contribution is -2.48. The van der Waals surface area contributed by atoms with Crippen LogP contribution in [-0.2, 0) is 4.79 Å². The molecule has 0 bridgehead atoms. The summed E-state index contributed by atoms with van der Waals surface area (Å²) >= 11 is 0. The van der Waals surface area contributed by atoms with E-state index in [1.165, 1.54) is 0 Å². The van der Waals surface area contributed by atoms with E-state index in [-0.39, 0.29) is 12.5 Å². The minimum atomic E-state index is 0.00549. The van der Waals surface area contributed by atoms with Crippen molar-refractivity contribution in [1.29, 1.82) is 5.26 Å². The summed E-state index contributed by atoms with van der Waals surface area (Å²) in [6.07, 6.45) is 0. The Morgan fingerprint density at radius 3 is 2.48 bits per heavy atom. The quantitative estimate of drug-likeness (QED) is 0.807. The van der Waals surface area contributed by atoms with Crippen LogP contribution >= 0.6 is 0 Å². The summed E-state index contributed by atoms with van der Waals surface area (Å²) in [5.41, 5.74) is 3.79. The van der Waals surface area contributed by atoms with Crippen LogP contribution in [0.15, 0.2) is 48.0 Å². The number of hydrogen-bond acceptors (Lipinski definition) is 5. The largest absolute Gasteiger partial charge is 0.497 e. The zero-order valence-corrected chi connectivity index (χ0v) is 16.6. The van der Waals surface area contributed by atoms with E-state index in [2.05, 4.69) is 18.0 Å². The first-order valence-electron chi connectivity index (χ1n) is 9.63. The molecule has 6 nitrogen and oxygen atoms in total. The SMILES string of the molecule is COc1ccc2c(c1)C(c1ccc(C#N)cc1)=C(C(=O)N1CCN(C)CC1)CO2. The van der Waals surface area contributed by atoms with Crippen LogP contribution in [0.5, 0.6) is 11.5 Å². The summed E-state index contributed by atoms with van der Waals surface area (Å²) in [4.78, 5) is 17.5. The number of amides is 1. The van der Waals surface area contributed by atoms with E-state index < -0.39 is 0 Å². The average molecular weight is 389 g/mol. The van der Waals surface area contributed by atoms with E-state index in [4.69, 9.17) is 14.7 Å². The summed E-state index contributed by atoms with van der Waals surface area (Å²) in [6, 6.07) is 15.1. The second-order valence-corrected chi connectivity index (χ2v) is 7.29. The zero-order valence-electron chi connectivity index (χ0n) is 16.6. The smallest absolute Gasteiger partial charge is 0.253 e. The first kappa shape index (κ1) is 19.0. The molecule has 6 heteroatoms. The fourth-order valence-electron chi connectivity index (χ4n) is 3.75. The second-order valence-electron chi connectivity index (χ2n) is 7.29. The Bertz CT molecular complexity index is 997. The average Bonchev–Trinajstić information content (AvgIpc) is 2.78. The molecule has 0 aromatic heterocycles. The fourth-order valence-corrected chi connectivity index (χ4v) is 3.75. The van der Waals surface area contributed by atoms with E-state index in [0.29, 0.717) is 30.0 Å². The molecule has 1 fully saturated rings. The molecule has 2 aliphatic rings. The zero-order chi connectivity index (χ0) is 20.4. The number of carbonyl (C=O) groups is 1. The number of likely N-dealkylation sites (N-methyl/N-ethyl adjacent to an activating group) is 1. The van der Waals surface area contributed by atoms with Crippen LogP contribution in [0.25, 0.3) is 5.57 Å². The van der Waals surface area contributed by atoms with Gasteiger partial charge in [0.2, 0.25) is 0 Å². The Kier molecular flexibility index (Phi) is 5.24. The molecule has 0 unspecified atom stereocenters. The lowest BCUT2D eigenvalue weighted by molar-refractivity contribution is -0.129. The molecule has 0 atom stereocenters. The molecule has 148 valence electrons. The molecule has 2 heterocycles. The first-order chi connectivity index (χ1) is 14.1. The molecule has 2 aliphatic heterocycles. The Balaban J connectivity index is 1.83. The van der Waals surface area contributed by atoms with Crippen LogP contribution in [0.1, 0.15) is 16.7 Å². The summed E-state index contributed by atoms with van der Waals surface area (Å²) in [5, 5.41) is 9.13. The lowest BCUT2D eigenvalue weighted by Gasteiger charge is -2.34. The van der Waals surface area contributed by atoms with Crippen molar-refractivity contribution in [1.82, 2.24) is 9.80 Å². The second kappa shape index (κ2) is 7.98. The number of nitrogens with zero attached hydrogens (tertiary/aromatic N) is 3. The number of nitriles is 1. The minimum Gasteiger partial charge on any atom is -0.497 e. The predicted molar refractivity (Wildman–Crippen MR) is 110 cm³/mol. The van der Waals surface area contributed by atoms with Gasteiger partial charge in [0.15, 0.2) is 0 Å². The number of hydrogen-bond donors (Lipinski definition) is 0. The van der Waals surface area contributed by atoms with Gasteiger partial charge in [0.05, 0.1) is 24.3 Å². The van der Waals surface area contributed by atoms with Gasteiger partial charge in [-0.2, -0.15) is 5.26 Å². The van der Waals surface area contributed by atoms with Crippen molar-refractivity contribution in [2.45, 2.75) is 0 Å². The molecule has 2 aromatic carbocycles. The van der Waals surface area contributed by atoms with Gasteiger partial charge in [-0.05, 0) is 42.9 Å². The highest BCUT2D eigenvalue weighted by Gasteiger charge is 2.30. The molecule has 2 aromatic rings. The normalized spacial score (nSPS) is 16.7. The fraction of sp³-hybridized carbons (Fsp3) is 0.304. The molecule has 4 rings (SSSR count). The van der Waals surface area contributed by atoms with Crippen LogP contribution in [-0.4, -0.2) is 62.7 Å². The lowest BCUT2D eigenvalue weighted by atomic mass is 9.89. The Labute approximate surface area is 170 Å². The van der Waals surface area contributed by atoms with E-state index in [1.807, 2.05) is 35.2 Å².